The molecular weight excluding hydrogens is 275 g/mol. The highest BCUT2D eigenvalue weighted by Gasteiger charge is 2.26. The van der Waals surface area contributed by atoms with Gasteiger partial charge in [0, 0.05) is 5.75 Å². The summed E-state index contributed by atoms with van der Waals surface area (Å²) in [5.74, 6) is 0.969. The summed E-state index contributed by atoms with van der Waals surface area (Å²) in [4.78, 5) is 4.58. The quantitative estimate of drug-likeness (QED) is 0.817. The second-order valence-electron chi connectivity index (χ2n) is 4.70. The lowest BCUT2D eigenvalue weighted by atomic mass is 10.1. The molecule has 0 atom stereocenters. The molecule has 92 valence electrons. The van der Waals surface area contributed by atoms with Gasteiger partial charge in [-0.25, -0.2) is 0 Å². The zero-order chi connectivity index (χ0) is 12.6. The van der Waals surface area contributed by atoms with Gasteiger partial charge in [-0.3, -0.25) is 4.99 Å². The van der Waals surface area contributed by atoms with Gasteiger partial charge in [0.2, 0.25) is 0 Å². The van der Waals surface area contributed by atoms with Crippen LogP contribution >= 0.6 is 35.0 Å². The van der Waals surface area contributed by atoms with Crippen LogP contribution in [0.1, 0.15) is 19.4 Å². The van der Waals surface area contributed by atoms with Crippen LogP contribution in [0.25, 0.3) is 0 Å². The Balaban J connectivity index is 2.29. The molecule has 0 bridgehead atoms. The highest BCUT2D eigenvalue weighted by atomic mass is 35.5. The first-order valence-corrected chi connectivity index (χ1v) is 7.07. The van der Waals surface area contributed by atoms with E-state index in [9.17, 15) is 0 Å². The van der Waals surface area contributed by atoms with Crippen molar-refractivity contribution in [3.63, 3.8) is 0 Å². The number of aliphatic imine (C=N–C) groups is 1. The van der Waals surface area contributed by atoms with E-state index in [1.165, 1.54) is 0 Å². The van der Waals surface area contributed by atoms with Gasteiger partial charge in [-0.1, -0.05) is 41.0 Å². The SMILES string of the molecule is Cc1ccc(Cl)c(NC2=NC(C)(C)CS2)c1Cl. The maximum Gasteiger partial charge on any atom is 0.161 e. The molecule has 2 nitrogen and oxygen atoms in total. The maximum atomic E-state index is 6.24. The number of benzene rings is 1. The molecule has 1 aliphatic rings. The molecule has 1 aliphatic heterocycles. The van der Waals surface area contributed by atoms with Gasteiger partial charge in [-0.2, -0.15) is 0 Å². The molecule has 0 unspecified atom stereocenters. The van der Waals surface area contributed by atoms with Gasteiger partial charge in [0.15, 0.2) is 5.17 Å². The third-order valence-corrected chi connectivity index (χ3v) is 4.60. The molecule has 5 heteroatoms. The number of hydrogen-bond donors (Lipinski definition) is 1. The lowest BCUT2D eigenvalue weighted by Gasteiger charge is -2.11. The summed E-state index contributed by atoms with van der Waals surface area (Å²) >= 11 is 14.1. The molecule has 0 amide bonds. The highest BCUT2D eigenvalue weighted by molar-refractivity contribution is 8.14. The lowest BCUT2D eigenvalue weighted by Crippen LogP contribution is -2.15. The summed E-state index contributed by atoms with van der Waals surface area (Å²) in [6, 6.07) is 3.75. The number of amidine groups is 1. The van der Waals surface area contributed by atoms with Crippen molar-refractivity contribution in [3.8, 4) is 0 Å². The van der Waals surface area contributed by atoms with Crippen LogP contribution in [0.5, 0.6) is 0 Å². The fourth-order valence-electron chi connectivity index (χ4n) is 1.53. The molecule has 0 aliphatic carbocycles. The number of thioether (sulfide) groups is 1. The van der Waals surface area contributed by atoms with E-state index in [0.29, 0.717) is 10.0 Å². The van der Waals surface area contributed by atoms with Gasteiger partial charge < -0.3 is 5.32 Å². The smallest absolute Gasteiger partial charge is 0.161 e. The van der Waals surface area contributed by atoms with Gasteiger partial charge in [0.25, 0.3) is 0 Å². The van der Waals surface area contributed by atoms with Crippen molar-refractivity contribution < 1.29 is 0 Å². The fraction of sp³-hybridized carbons (Fsp3) is 0.417. The predicted octanol–water partition coefficient (Wildman–Crippen LogP) is 4.60. The van der Waals surface area contributed by atoms with Crippen molar-refractivity contribution in [2.24, 2.45) is 4.99 Å². The minimum absolute atomic E-state index is 0.0181. The van der Waals surface area contributed by atoms with Gasteiger partial charge in [-0.05, 0) is 32.4 Å². The summed E-state index contributed by atoms with van der Waals surface area (Å²) in [5, 5.41) is 5.38. The Bertz CT molecular complexity index is 484. The van der Waals surface area contributed by atoms with Crippen molar-refractivity contribution in [3.05, 3.63) is 27.7 Å². The van der Waals surface area contributed by atoms with Gasteiger partial charge >= 0.3 is 0 Å². The van der Waals surface area contributed by atoms with Gasteiger partial charge in [-0.15, -0.1) is 0 Å². The zero-order valence-electron chi connectivity index (χ0n) is 9.97. The summed E-state index contributed by atoms with van der Waals surface area (Å²) in [5.41, 5.74) is 1.73. The normalized spacial score (nSPS) is 18.1. The van der Waals surface area contributed by atoms with E-state index in [4.69, 9.17) is 23.2 Å². The largest absolute Gasteiger partial charge is 0.333 e. The molecule has 1 aromatic carbocycles. The molecule has 0 fully saturated rings. The Morgan fingerprint density at radius 2 is 2.06 bits per heavy atom. The van der Waals surface area contributed by atoms with E-state index in [2.05, 4.69) is 24.2 Å². The Kier molecular flexibility index (Phi) is 3.62. The molecule has 1 N–H and O–H groups in total. The average Bonchev–Trinajstić information content (AvgIpc) is 2.59. The monoisotopic (exact) mass is 288 g/mol. The van der Waals surface area contributed by atoms with Crippen molar-refractivity contribution in [1.82, 2.24) is 0 Å². The van der Waals surface area contributed by atoms with E-state index in [-0.39, 0.29) is 5.54 Å². The maximum absolute atomic E-state index is 6.24. The van der Waals surface area contributed by atoms with Crippen LogP contribution in [0.15, 0.2) is 17.1 Å². The van der Waals surface area contributed by atoms with Crippen LogP contribution in [0.2, 0.25) is 10.0 Å². The molecule has 0 aromatic heterocycles. The minimum atomic E-state index is -0.0181. The molecule has 1 heterocycles. The summed E-state index contributed by atoms with van der Waals surface area (Å²) < 4.78 is 0. The first-order valence-electron chi connectivity index (χ1n) is 5.33. The van der Waals surface area contributed by atoms with E-state index in [0.717, 1.165) is 22.2 Å². The average molecular weight is 289 g/mol. The Hall–Kier alpha value is -0.380. The third kappa shape index (κ3) is 2.90. The van der Waals surface area contributed by atoms with E-state index in [1.54, 1.807) is 11.8 Å². The number of rotatable bonds is 1. The Morgan fingerprint density at radius 3 is 2.65 bits per heavy atom. The molecule has 0 saturated carbocycles. The minimum Gasteiger partial charge on any atom is -0.333 e. The molecule has 0 radical (unpaired) electrons. The van der Waals surface area contributed by atoms with Crippen molar-refractivity contribution >= 4 is 45.8 Å². The second-order valence-corrected chi connectivity index (χ2v) is 6.45. The van der Waals surface area contributed by atoms with Crippen LogP contribution in [0.3, 0.4) is 0 Å². The van der Waals surface area contributed by atoms with Crippen LogP contribution in [-0.2, 0) is 0 Å². The Morgan fingerprint density at radius 1 is 1.35 bits per heavy atom. The topological polar surface area (TPSA) is 24.4 Å². The Labute approximate surface area is 116 Å². The summed E-state index contributed by atoms with van der Waals surface area (Å²) in [6.45, 7) is 6.17. The number of halogens is 2. The van der Waals surface area contributed by atoms with Crippen LogP contribution in [0, 0.1) is 6.92 Å². The van der Waals surface area contributed by atoms with Crippen LogP contribution < -0.4 is 5.32 Å². The van der Waals surface area contributed by atoms with E-state index >= 15 is 0 Å². The van der Waals surface area contributed by atoms with Crippen molar-refractivity contribution in [2.75, 3.05) is 11.1 Å². The van der Waals surface area contributed by atoms with E-state index < -0.39 is 0 Å². The lowest BCUT2D eigenvalue weighted by molar-refractivity contribution is 0.605. The van der Waals surface area contributed by atoms with Crippen molar-refractivity contribution in [2.45, 2.75) is 26.3 Å². The standard InChI is InChI=1S/C12H14Cl2N2S/c1-7-4-5-8(13)10(9(7)14)15-11-16-12(2,3)6-17-11/h4-5H,6H2,1-3H3,(H,15,16). The summed E-state index contributed by atoms with van der Waals surface area (Å²) in [6.07, 6.45) is 0. The molecular formula is C12H14Cl2N2S. The number of nitrogens with zero attached hydrogens (tertiary/aromatic N) is 1. The van der Waals surface area contributed by atoms with E-state index in [1.807, 2.05) is 19.1 Å². The molecule has 17 heavy (non-hydrogen) atoms. The van der Waals surface area contributed by atoms with Gasteiger partial charge in [0.05, 0.1) is 21.3 Å². The zero-order valence-corrected chi connectivity index (χ0v) is 12.3. The van der Waals surface area contributed by atoms with Crippen LogP contribution in [-0.4, -0.2) is 16.5 Å². The second kappa shape index (κ2) is 4.71. The highest BCUT2D eigenvalue weighted by Crippen LogP contribution is 2.35. The van der Waals surface area contributed by atoms with Crippen LogP contribution in [0.4, 0.5) is 5.69 Å². The number of anilines is 1. The van der Waals surface area contributed by atoms with Gasteiger partial charge in [0.1, 0.15) is 0 Å². The molecule has 2 rings (SSSR count). The number of hydrogen-bond acceptors (Lipinski definition) is 3. The first-order chi connectivity index (χ1) is 7.89. The molecule has 0 saturated heterocycles. The molecule has 1 aromatic rings. The first kappa shape index (κ1) is 13.1. The predicted molar refractivity (Wildman–Crippen MR) is 78.8 cm³/mol. The number of aryl methyl sites for hydroxylation is 1. The van der Waals surface area contributed by atoms with Crippen molar-refractivity contribution in [1.29, 1.82) is 0 Å². The summed E-state index contributed by atoms with van der Waals surface area (Å²) in [7, 11) is 0. The number of nitrogens with one attached hydrogen (secondary N) is 1. The fourth-order valence-corrected chi connectivity index (χ4v) is 3.03. The molecule has 0 spiro atoms. The third-order valence-electron chi connectivity index (χ3n) is 2.48.